The number of furan rings is 1. The van der Waals surface area contributed by atoms with E-state index in [1.807, 2.05) is 44.2 Å². The Kier molecular flexibility index (Phi) is 11.6. The van der Waals surface area contributed by atoms with Crippen LogP contribution in [0.1, 0.15) is 43.6 Å². The first kappa shape index (κ1) is 29.4. The number of amides is 3. The predicted molar refractivity (Wildman–Crippen MR) is 145 cm³/mol. The molecule has 2 aromatic carbocycles. The van der Waals surface area contributed by atoms with Crippen LogP contribution in [-0.2, 0) is 22.6 Å². The molecule has 0 bridgehead atoms. The van der Waals surface area contributed by atoms with Crippen molar-refractivity contribution in [1.29, 1.82) is 0 Å². The molecule has 0 atom stereocenters. The van der Waals surface area contributed by atoms with Gasteiger partial charge in [0.1, 0.15) is 11.3 Å². The molecule has 2 N–H and O–H groups in total. The molecule has 0 aliphatic rings. The molecule has 0 saturated carbocycles. The minimum atomic E-state index is -0.330. The second kappa shape index (κ2) is 14.6. The monoisotopic (exact) mass is 528 g/mol. The van der Waals surface area contributed by atoms with Gasteiger partial charge in [-0.1, -0.05) is 44.0 Å². The second-order valence-electron chi connectivity index (χ2n) is 8.29. The fourth-order valence-corrected chi connectivity index (χ4v) is 3.72. The lowest BCUT2D eigenvalue weighted by molar-refractivity contribution is -0.123. The molecule has 0 aliphatic heterocycles. The predicted octanol–water partition coefficient (Wildman–Crippen LogP) is 5.75. The standard InChI is InChI=1S/C26H31ClN4O3.CH2O2/c1-5-7-14-30(4)26(33)29-25(31(17-32)16-19-8-10-20(27)11-9-19)28-21-12-13-24-22(15-21)18(3)23(6-2)34-24;2-1-3/h8-13,15,17H,5-7,14,16H2,1-4H3,(H,28,29,33);1H,(H,2,3). The first-order chi connectivity index (χ1) is 17.8. The fraction of sp³-hybridized carbons (Fsp3) is 0.333. The van der Waals surface area contributed by atoms with Gasteiger partial charge in [-0.05, 0) is 54.8 Å². The summed E-state index contributed by atoms with van der Waals surface area (Å²) in [4.78, 5) is 40.9. The fourth-order valence-electron chi connectivity index (χ4n) is 3.59. The van der Waals surface area contributed by atoms with Crippen LogP contribution in [0.25, 0.3) is 11.0 Å². The first-order valence-electron chi connectivity index (χ1n) is 11.9. The van der Waals surface area contributed by atoms with Crippen LogP contribution in [0.2, 0.25) is 5.02 Å². The molecule has 0 unspecified atom stereocenters. The van der Waals surface area contributed by atoms with E-state index in [-0.39, 0.29) is 25.0 Å². The van der Waals surface area contributed by atoms with Crippen molar-refractivity contribution in [2.75, 3.05) is 13.6 Å². The molecule has 0 spiro atoms. The number of hydrogen-bond donors (Lipinski definition) is 2. The van der Waals surface area contributed by atoms with Crippen LogP contribution in [0, 0.1) is 6.92 Å². The Balaban J connectivity index is 0.00000153. The highest BCUT2D eigenvalue weighted by atomic mass is 35.5. The number of rotatable bonds is 8. The second-order valence-corrected chi connectivity index (χ2v) is 8.73. The van der Waals surface area contributed by atoms with Crippen LogP contribution in [-0.4, -0.2) is 53.4 Å². The van der Waals surface area contributed by atoms with E-state index in [0.29, 0.717) is 23.7 Å². The van der Waals surface area contributed by atoms with Crippen molar-refractivity contribution in [3.05, 3.63) is 64.4 Å². The molecule has 0 radical (unpaired) electrons. The summed E-state index contributed by atoms with van der Waals surface area (Å²) in [6.07, 6.45) is 3.31. The number of benzene rings is 2. The van der Waals surface area contributed by atoms with Gasteiger partial charge < -0.3 is 14.4 Å². The summed E-state index contributed by atoms with van der Waals surface area (Å²) in [6.45, 7) is 6.71. The van der Waals surface area contributed by atoms with E-state index in [0.717, 1.165) is 47.1 Å². The van der Waals surface area contributed by atoms with Crippen LogP contribution >= 0.6 is 11.6 Å². The normalized spacial score (nSPS) is 10.9. The third kappa shape index (κ3) is 8.35. The Morgan fingerprint density at radius 3 is 2.43 bits per heavy atom. The molecule has 37 heavy (non-hydrogen) atoms. The van der Waals surface area contributed by atoms with Gasteiger partial charge in [0.25, 0.3) is 6.47 Å². The number of carbonyl (C=O) groups excluding carboxylic acids is 2. The minimum Gasteiger partial charge on any atom is -0.483 e. The molecular formula is C27H33ClN4O5. The average molecular weight is 529 g/mol. The van der Waals surface area contributed by atoms with Crippen molar-refractivity contribution in [3.63, 3.8) is 0 Å². The van der Waals surface area contributed by atoms with E-state index in [2.05, 4.69) is 17.2 Å². The number of urea groups is 1. The molecule has 10 heteroatoms. The molecular weight excluding hydrogens is 496 g/mol. The van der Waals surface area contributed by atoms with Crippen LogP contribution in [0.3, 0.4) is 0 Å². The molecule has 9 nitrogen and oxygen atoms in total. The zero-order valence-electron chi connectivity index (χ0n) is 21.5. The van der Waals surface area contributed by atoms with Crippen LogP contribution < -0.4 is 5.32 Å². The van der Waals surface area contributed by atoms with E-state index in [9.17, 15) is 9.59 Å². The van der Waals surface area contributed by atoms with Gasteiger partial charge in [-0.15, -0.1) is 0 Å². The van der Waals surface area contributed by atoms with Gasteiger partial charge in [-0.2, -0.15) is 0 Å². The number of guanidine groups is 1. The van der Waals surface area contributed by atoms with Gasteiger partial charge in [0.2, 0.25) is 12.4 Å². The van der Waals surface area contributed by atoms with Gasteiger partial charge in [0.05, 0.1) is 12.2 Å². The summed E-state index contributed by atoms with van der Waals surface area (Å²) in [6, 6.07) is 12.4. The lowest BCUT2D eigenvalue weighted by Gasteiger charge is -2.23. The number of carboxylic acid groups (broad SMARTS) is 1. The Bertz CT molecular complexity index is 1220. The summed E-state index contributed by atoms with van der Waals surface area (Å²) in [5.41, 5.74) is 3.31. The number of halogens is 1. The maximum absolute atomic E-state index is 12.8. The zero-order chi connectivity index (χ0) is 27.4. The van der Waals surface area contributed by atoms with Crippen molar-refractivity contribution in [1.82, 2.24) is 15.1 Å². The topological polar surface area (TPSA) is 115 Å². The van der Waals surface area contributed by atoms with Crippen molar-refractivity contribution < 1.29 is 23.9 Å². The van der Waals surface area contributed by atoms with E-state index in [1.165, 1.54) is 4.90 Å². The number of nitrogens with zero attached hydrogens (tertiary/aromatic N) is 3. The van der Waals surface area contributed by atoms with Crippen molar-refractivity contribution >= 4 is 53.1 Å². The zero-order valence-corrected chi connectivity index (χ0v) is 22.3. The summed E-state index contributed by atoms with van der Waals surface area (Å²) < 4.78 is 5.90. The highest BCUT2D eigenvalue weighted by Crippen LogP contribution is 2.29. The smallest absolute Gasteiger partial charge is 0.323 e. The molecule has 3 amide bonds. The summed E-state index contributed by atoms with van der Waals surface area (Å²) in [7, 11) is 1.72. The van der Waals surface area contributed by atoms with Gasteiger partial charge in [0, 0.05) is 30.4 Å². The highest BCUT2D eigenvalue weighted by Gasteiger charge is 2.18. The molecule has 198 valence electrons. The SMILES string of the molecule is CCCCN(C)C(=O)NC(=Nc1ccc2oc(CC)c(C)c2c1)N(C=O)Cc1ccc(Cl)cc1.O=CO. The molecule has 1 heterocycles. The average Bonchev–Trinajstić information content (AvgIpc) is 3.21. The summed E-state index contributed by atoms with van der Waals surface area (Å²) in [5.74, 6) is 1.08. The maximum Gasteiger partial charge on any atom is 0.323 e. The van der Waals surface area contributed by atoms with E-state index < -0.39 is 0 Å². The molecule has 3 aromatic rings. The molecule has 3 rings (SSSR count). The Morgan fingerprint density at radius 2 is 1.84 bits per heavy atom. The Labute approximate surface area is 221 Å². The first-order valence-corrected chi connectivity index (χ1v) is 12.3. The number of aliphatic imine (C=N–C) groups is 1. The molecule has 0 aliphatic carbocycles. The summed E-state index contributed by atoms with van der Waals surface area (Å²) in [5, 5.41) is 11.3. The molecule has 1 aromatic heterocycles. The Morgan fingerprint density at radius 1 is 1.16 bits per heavy atom. The minimum absolute atomic E-state index is 0.148. The maximum atomic E-state index is 12.8. The quantitative estimate of drug-likeness (QED) is 0.219. The lowest BCUT2D eigenvalue weighted by Crippen LogP contribution is -2.48. The van der Waals surface area contributed by atoms with Gasteiger partial charge in [-0.3, -0.25) is 19.8 Å². The van der Waals surface area contributed by atoms with Crippen molar-refractivity contribution in [2.24, 2.45) is 4.99 Å². The third-order valence-corrected chi connectivity index (χ3v) is 5.90. The van der Waals surface area contributed by atoms with Gasteiger partial charge >= 0.3 is 6.03 Å². The number of carbonyl (C=O) groups is 3. The number of aryl methyl sites for hydroxylation is 2. The number of hydrogen-bond acceptors (Lipinski definition) is 5. The molecule has 0 saturated heterocycles. The van der Waals surface area contributed by atoms with Crippen LogP contribution in [0.4, 0.5) is 10.5 Å². The number of nitrogens with one attached hydrogen (secondary N) is 1. The van der Waals surface area contributed by atoms with E-state index in [1.54, 1.807) is 24.1 Å². The Hall–Kier alpha value is -3.85. The number of fused-ring (bicyclic) bond motifs is 1. The van der Waals surface area contributed by atoms with Crippen molar-refractivity contribution in [2.45, 2.75) is 46.6 Å². The van der Waals surface area contributed by atoms with Gasteiger partial charge in [-0.25, -0.2) is 9.79 Å². The van der Waals surface area contributed by atoms with Crippen LogP contribution in [0.5, 0.6) is 0 Å². The van der Waals surface area contributed by atoms with Gasteiger partial charge in [0.15, 0.2) is 0 Å². The third-order valence-electron chi connectivity index (χ3n) is 5.65. The lowest BCUT2D eigenvalue weighted by atomic mass is 10.1. The molecule has 0 fully saturated rings. The highest BCUT2D eigenvalue weighted by molar-refractivity contribution is 6.30. The van der Waals surface area contributed by atoms with E-state index >= 15 is 0 Å². The van der Waals surface area contributed by atoms with Crippen molar-refractivity contribution in [3.8, 4) is 0 Å². The van der Waals surface area contributed by atoms with E-state index in [4.69, 9.17) is 25.9 Å². The number of unbranched alkanes of at least 4 members (excludes halogenated alkanes) is 1. The summed E-state index contributed by atoms with van der Waals surface area (Å²) >= 11 is 5.99. The largest absolute Gasteiger partial charge is 0.483 e. The van der Waals surface area contributed by atoms with Crippen LogP contribution in [0.15, 0.2) is 51.9 Å².